The molecule has 0 amide bonds. The Bertz CT molecular complexity index is 1230. The van der Waals surface area contributed by atoms with Gasteiger partial charge in [-0.3, -0.25) is 0 Å². The molecule has 0 bridgehead atoms. The van der Waals surface area contributed by atoms with Gasteiger partial charge in [-0.15, -0.1) is 0 Å². The fraction of sp³-hybridized carbons (Fsp3) is 0.357. The summed E-state index contributed by atoms with van der Waals surface area (Å²) in [6.07, 6.45) is 5.69. The standard InChI is InChI=1S/C28H28ClFN2O3/c29-21-5-3-6-22(17-21)32-28(26(33)34)12-10-27(11-13-28)20(16-19-4-1-2-7-24(19)27)9-15-35-23-8-14-31-25(30)18-23/h1-8,14,17-18,20,32H,9-13,15-16H2,(H,33,34). The molecule has 0 saturated heterocycles. The Morgan fingerprint density at radius 2 is 1.91 bits per heavy atom. The number of anilines is 1. The quantitative estimate of drug-likeness (QED) is 0.379. The molecule has 5 nitrogen and oxygen atoms in total. The second kappa shape index (κ2) is 9.50. The predicted octanol–water partition coefficient (Wildman–Crippen LogP) is 6.26. The van der Waals surface area contributed by atoms with Crippen molar-refractivity contribution in [2.24, 2.45) is 5.92 Å². The highest BCUT2D eigenvalue weighted by molar-refractivity contribution is 6.30. The number of nitrogens with zero attached hydrogens (tertiary/aromatic N) is 1. The number of hydrogen-bond acceptors (Lipinski definition) is 4. The Morgan fingerprint density at radius 3 is 2.66 bits per heavy atom. The second-order valence-electron chi connectivity index (χ2n) is 9.69. The number of fused-ring (bicyclic) bond motifs is 2. The summed E-state index contributed by atoms with van der Waals surface area (Å²) < 4.78 is 19.3. The molecule has 2 aromatic carbocycles. The summed E-state index contributed by atoms with van der Waals surface area (Å²) in [5.41, 5.74) is 2.25. The highest BCUT2D eigenvalue weighted by atomic mass is 35.5. The Kier molecular flexibility index (Phi) is 6.41. The van der Waals surface area contributed by atoms with E-state index in [1.165, 1.54) is 23.4 Å². The van der Waals surface area contributed by atoms with Crippen molar-refractivity contribution in [3.63, 3.8) is 0 Å². The molecule has 1 atom stereocenters. The molecule has 0 radical (unpaired) electrons. The van der Waals surface area contributed by atoms with E-state index in [2.05, 4.69) is 34.6 Å². The molecular formula is C28H28ClFN2O3. The van der Waals surface area contributed by atoms with Crippen molar-refractivity contribution < 1.29 is 19.0 Å². The summed E-state index contributed by atoms with van der Waals surface area (Å²) in [6.45, 7) is 0.467. The van der Waals surface area contributed by atoms with E-state index in [1.54, 1.807) is 18.2 Å². The summed E-state index contributed by atoms with van der Waals surface area (Å²) in [7, 11) is 0. The number of nitrogens with one attached hydrogen (secondary N) is 1. The van der Waals surface area contributed by atoms with E-state index in [0.717, 1.165) is 31.4 Å². The highest BCUT2D eigenvalue weighted by Gasteiger charge is 2.53. The Morgan fingerprint density at radius 1 is 1.11 bits per heavy atom. The van der Waals surface area contributed by atoms with Crippen LogP contribution in [0.3, 0.4) is 0 Å². The number of benzene rings is 2. The van der Waals surface area contributed by atoms with Crippen LogP contribution in [0.2, 0.25) is 5.02 Å². The molecule has 1 heterocycles. The van der Waals surface area contributed by atoms with Crippen LogP contribution in [0, 0.1) is 11.9 Å². The highest BCUT2D eigenvalue weighted by Crippen LogP contribution is 2.55. The van der Waals surface area contributed by atoms with Crippen molar-refractivity contribution in [3.05, 3.63) is 89.0 Å². The van der Waals surface area contributed by atoms with E-state index in [9.17, 15) is 14.3 Å². The van der Waals surface area contributed by atoms with Crippen LogP contribution in [0.5, 0.6) is 5.75 Å². The van der Waals surface area contributed by atoms with Crippen LogP contribution in [-0.2, 0) is 16.6 Å². The van der Waals surface area contributed by atoms with Crippen LogP contribution >= 0.6 is 11.6 Å². The first-order chi connectivity index (χ1) is 16.9. The number of ether oxygens (including phenoxy) is 1. The number of hydrogen-bond donors (Lipinski definition) is 2. The number of aromatic nitrogens is 1. The number of aliphatic carboxylic acids is 1. The van der Waals surface area contributed by atoms with Gasteiger partial charge in [0, 0.05) is 23.0 Å². The topological polar surface area (TPSA) is 71.5 Å². The third kappa shape index (κ3) is 4.59. The van der Waals surface area contributed by atoms with Crippen molar-refractivity contribution in [1.82, 2.24) is 4.98 Å². The fourth-order valence-corrected chi connectivity index (χ4v) is 6.26. The van der Waals surface area contributed by atoms with Crippen LogP contribution in [0.15, 0.2) is 66.9 Å². The van der Waals surface area contributed by atoms with Gasteiger partial charge in [-0.25, -0.2) is 9.78 Å². The molecule has 1 aromatic heterocycles. The van der Waals surface area contributed by atoms with Crippen molar-refractivity contribution >= 4 is 23.3 Å². The van der Waals surface area contributed by atoms with E-state index in [-0.39, 0.29) is 5.41 Å². The minimum atomic E-state index is -1.04. The first-order valence-corrected chi connectivity index (χ1v) is 12.4. The van der Waals surface area contributed by atoms with Crippen molar-refractivity contribution in [2.45, 2.75) is 49.5 Å². The summed E-state index contributed by atoms with van der Waals surface area (Å²) in [5, 5.41) is 14.1. The first kappa shape index (κ1) is 23.6. The lowest BCUT2D eigenvalue weighted by atomic mass is 9.60. The molecule has 2 N–H and O–H groups in total. The zero-order valence-corrected chi connectivity index (χ0v) is 20.1. The average molecular weight is 495 g/mol. The largest absolute Gasteiger partial charge is 0.493 e. The lowest BCUT2D eigenvalue weighted by Crippen LogP contribution is -2.53. The van der Waals surface area contributed by atoms with E-state index in [1.807, 2.05) is 12.1 Å². The summed E-state index contributed by atoms with van der Waals surface area (Å²) in [6, 6.07) is 18.7. The smallest absolute Gasteiger partial charge is 0.329 e. The molecule has 5 rings (SSSR count). The maximum Gasteiger partial charge on any atom is 0.329 e. The van der Waals surface area contributed by atoms with Gasteiger partial charge < -0.3 is 15.2 Å². The van der Waals surface area contributed by atoms with Gasteiger partial charge >= 0.3 is 5.97 Å². The Balaban J connectivity index is 1.35. The SMILES string of the molecule is O=C(O)C1(Nc2cccc(Cl)c2)CCC2(CC1)c1ccccc1CC2CCOc1ccnc(F)c1. The van der Waals surface area contributed by atoms with Gasteiger partial charge in [-0.1, -0.05) is 41.9 Å². The monoisotopic (exact) mass is 494 g/mol. The average Bonchev–Trinajstić information content (AvgIpc) is 3.14. The Labute approximate surface area is 209 Å². The van der Waals surface area contributed by atoms with Crippen LogP contribution in [0.4, 0.5) is 10.1 Å². The van der Waals surface area contributed by atoms with Gasteiger partial charge in [0.15, 0.2) is 0 Å². The van der Waals surface area contributed by atoms with Gasteiger partial charge in [0.05, 0.1) is 6.61 Å². The van der Waals surface area contributed by atoms with Gasteiger partial charge in [-0.05, 0) is 85.3 Å². The maximum absolute atomic E-state index is 13.4. The molecule has 1 unspecified atom stereocenters. The molecule has 0 aliphatic heterocycles. The third-order valence-electron chi connectivity index (χ3n) is 7.85. The van der Waals surface area contributed by atoms with Crippen molar-refractivity contribution in [1.29, 1.82) is 0 Å². The van der Waals surface area contributed by atoms with Crippen LogP contribution in [-0.4, -0.2) is 28.2 Å². The van der Waals surface area contributed by atoms with Crippen molar-refractivity contribution in [2.75, 3.05) is 11.9 Å². The molecule has 2 aliphatic rings. The fourth-order valence-electron chi connectivity index (χ4n) is 6.07. The Hall–Kier alpha value is -3.12. The number of rotatable bonds is 7. The first-order valence-electron chi connectivity index (χ1n) is 12.0. The second-order valence-corrected chi connectivity index (χ2v) is 10.1. The van der Waals surface area contributed by atoms with Gasteiger partial charge in [0.25, 0.3) is 0 Å². The lowest BCUT2D eigenvalue weighted by molar-refractivity contribution is -0.144. The molecule has 7 heteroatoms. The molecule has 1 spiro atoms. The molecule has 1 fully saturated rings. The summed E-state index contributed by atoms with van der Waals surface area (Å²) in [5.74, 6) is -0.596. The van der Waals surface area contributed by atoms with Crippen molar-refractivity contribution in [3.8, 4) is 5.75 Å². The van der Waals surface area contributed by atoms with Gasteiger partial charge in [-0.2, -0.15) is 4.39 Å². The molecular weight excluding hydrogens is 467 g/mol. The lowest BCUT2D eigenvalue weighted by Gasteiger charge is -2.47. The summed E-state index contributed by atoms with van der Waals surface area (Å²) in [4.78, 5) is 16.1. The number of halogens is 2. The number of carboxylic acid groups (broad SMARTS) is 1. The van der Waals surface area contributed by atoms with Gasteiger partial charge in [0.2, 0.25) is 5.95 Å². The van der Waals surface area contributed by atoms with E-state index in [4.69, 9.17) is 16.3 Å². The van der Waals surface area contributed by atoms with Crippen LogP contribution < -0.4 is 10.1 Å². The van der Waals surface area contributed by atoms with Crippen LogP contribution in [0.25, 0.3) is 0 Å². The van der Waals surface area contributed by atoms with E-state index < -0.39 is 17.5 Å². The molecule has 2 aliphatic carbocycles. The molecule has 182 valence electrons. The minimum Gasteiger partial charge on any atom is -0.493 e. The zero-order valence-electron chi connectivity index (χ0n) is 19.3. The molecule has 1 saturated carbocycles. The third-order valence-corrected chi connectivity index (χ3v) is 8.08. The number of carbonyl (C=O) groups is 1. The van der Waals surface area contributed by atoms with E-state index in [0.29, 0.717) is 36.1 Å². The molecule has 3 aromatic rings. The predicted molar refractivity (Wildman–Crippen MR) is 134 cm³/mol. The minimum absolute atomic E-state index is 0.0988. The molecule has 35 heavy (non-hydrogen) atoms. The zero-order chi connectivity index (χ0) is 24.5. The van der Waals surface area contributed by atoms with E-state index >= 15 is 0 Å². The van der Waals surface area contributed by atoms with Gasteiger partial charge in [0.1, 0.15) is 11.3 Å². The number of carboxylic acids is 1. The number of pyridine rings is 1. The maximum atomic E-state index is 13.4. The normalized spacial score (nSPS) is 25.3. The summed E-state index contributed by atoms with van der Waals surface area (Å²) >= 11 is 6.14. The van der Waals surface area contributed by atoms with Crippen LogP contribution in [0.1, 0.15) is 43.2 Å².